The van der Waals surface area contributed by atoms with Gasteiger partial charge in [0.2, 0.25) is 0 Å². The van der Waals surface area contributed by atoms with Gasteiger partial charge in [0, 0.05) is 17.0 Å². The highest BCUT2D eigenvalue weighted by Gasteiger charge is 2.23. The lowest BCUT2D eigenvalue weighted by molar-refractivity contribution is 0.281. The van der Waals surface area contributed by atoms with Crippen molar-refractivity contribution in [2.45, 2.75) is 32.5 Å². The van der Waals surface area contributed by atoms with Gasteiger partial charge in [-0.05, 0) is 60.4 Å². The van der Waals surface area contributed by atoms with Gasteiger partial charge in [0.25, 0.3) is 0 Å². The van der Waals surface area contributed by atoms with Crippen molar-refractivity contribution < 1.29 is 25.5 Å². The van der Waals surface area contributed by atoms with Crippen LogP contribution >= 0.6 is 0 Å². The lowest BCUT2D eigenvalue weighted by Crippen LogP contribution is -2.08. The number of hydrogen-bond donors (Lipinski definition) is 5. The molecule has 146 valence electrons. The molecule has 5 nitrogen and oxygen atoms in total. The zero-order valence-electron chi connectivity index (χ0n) is 15.6. The number of hydrogen-bond acceptors (Lipinski definition) is 5. The molecule has 0 aliphatic rings. The van der Waals surface area contributed by atoms with E-state index in [1.807, 2.05) is 13.0 Å². The second-order valence-electron chi connectivity index (χ2n) is 6.99. The van der Waals surface area contributed by atoms with Gasteiger partial charge in [-0.25, -0.2) is 0 Å². The zero-order chi connectivity index (χ0) is 20.3. The summed E-state index contributed by atoms with van der Waals surface area (Å²) < 4.78 is 0. The fourth-order valence-corrected chi connectivity index (χ4v) is 3.44. The van der Waals surface area contributed by atoms with Gasteiger partial charge >= 0.3 is 0 Å². The first-order valence-electron chi connectivity index (χ1n) is 9.06. The van der Waals surface area contributed by atoms with E-state index in [2.05, 4.69) is 0 Å². The van der Waals surface area contributed by atoms with Crippen LogP contribution < -0.4 is 0 Å². The third-order valence-electron chi connectivity index (χ3n) is 4.96. The average molecular weight is 380 g/mol. The van der Waals surface area contributed by atoms with Crippen LogP contribution in [0.5, 0.6) is 17.2 Å². The van der Waals surface area contributed by atoms with Gasteiger partial charge in [-0.3, -0.25) is 0 Å². The van der Waals surface area contributed by atoms with Gasteiger partial charge in [-0.2, -0.15) is 0 Å². The van der Waals surface area contributed by atoms with Crippen LogP contribution in [-0.4, -0.2) is 25.5 Å². The fraction of sp³-hybridized carbons (Fsp3) is 0.217. The number of phenolic OH excluding ortho intramolecular Hbond substituents is 3. The molecule has 3 aromatic rings. The number of phenols is 3. The lowest BCUT2D eigenvalue weighted by Gasteiger charge is -2.22. The number of aliphatic hydroxyl groups excluding tert-OH is 2. The molecule has 0 aromatic heterocycles. The highest BCUT2D eigenvalue weighted by Crippen LogP contribution is 2.40. The predicted molar refractivity (Wildman–Crippen MR) is 106 cm³/mol. The Kier molecular flexibility index (Phi) is 5.87. The average Bonchev–Trinajstić information content (AvgIpc) is 2.70. The molecule has 0 bridgehead atoms. The van der Waals surface area contributed by atoms with Crippen LogP contribution in [0.4, 0.5) is 0 Å². The van der Waals surface area contributed by atoms with Crippen LogP contribution in [0.15, 0.2) is 54.6 Å². The molecule has 0 spiro atoms. The summed E-state index contributed by atoms with van der Waals surface area (Å²) in [5, 5.41) is 50.3. The normalized spacial score (nSPS) is 12.1. The Labute approximate surface area is 163 Å². The van der Waals surface area contributed by atoms with Gasteiger partial charge in [0.05, 0.1) is 13.2 Å². The van der Waals surface area contributed by atoms with Crippen molar-refractivity contribution >= 4 is 0 Å². The molecule has 3 aromatic carbocycles. The zero-order valence-corrected chi connectivity index (χ0v) is 15.6. The highest BCUT2D eigenvalue weighted by atomic mass is 16.3. The summed E-state index contributed by atoms with van der Waals surface area (Å²) in [4.78, 5) is 0. The standard InChI is InChI=1S/C23H24O5/c1-14-2-5-22(27)19(8-14)18(20-10-16(13-25)4-7-23(20)28)11-17-9-15(12-24)3-6-21(17)26/h2-10,18,24-28H,11-13H2,1H3. The maximum Gasteiger partial charge on any atom is 0.119 e. The molecule has 0 fully saturated rings. The molecule has 0 aliphatic heterocycles. The van der Waals surface area contributed by atoms with Crippen LogP contribution in [0.25, 0.3) is 0 Å². The predicted octanol–water partition coefficient (Wildman–Crippen LogP) is 3.47. The fourth-order valence-electron chi connectivity index (χ4n) is 3.44. The van der Waals surface area contributed by atoms with E-state index in [1.54, 1.807) is 36.4 Å². The number of aryl methyl sites for hydroxylation is 1. The number of rotatable bonds is 6. The Morgan fingerprint density at radius 3 is 1.86 bits per heavy atom. The highest BCUT2D eigenvalue weighted by molar-refractivity contribution is 5.50. The Morgan fingerprint density at radius 2 is 1.21 bits per heavy atom. The largest absolute Gasteiger partial charge is 0.508 e. The van der Waals surface area contributed by atoms with Crippen molar-refractivity contribution in [2.75, 3.05) is 0 Å². The first-order valence-corrected chi connectivity index (χ1v) is 9.06. The van der Waals surface area contributed by atoms with E-state index in [1.165, 1.54) is 12.1 Å². The second kappa shape index (κ2) is 8.33. The SMILES string of the molecule is Cc1ccc(O)c(C(Cc2cc(CO)ccc2O)c2cc(CO)ccc2O)c1. The molecule has 0 heterocycles. The first-order chi connectivity index (χ1) is 13.4. The number of benzene rings is 3. The van der Waals surface area contributed by atoms with Crippen molar-refractivity contribution in [1.82, 2.24) is 0 Å². The van der Waals surface area contributed by atoms with Crippen molar-refractivity contribution in [3.05, 3.63) is 88.0 Å². The van der Waals surface area contributed by atoms with E-state index < -0.39 is 5.92 Å². The lowest BCUT2D eigenvalue weighted by atomic mass is 9.83. The third-order valence-corrected chi connectivity index (χ3v) is 4.96. The van der Waals surface area contributed by atoms with Gasteiger partial charge in [-0.15, -0.1) is 0 Å². The van der Waals surface area contributed by atoms with E-state index in [-0.39, 0.29) is 30.5 Å². The van der Waals surface area contributed by atoms with E-state index >= 15 is 0 Å². The Hall–Kier alpha value is -3.02. The molecular formula is C23H24O5. The minimum Gasteiger partial charge on any atom is -0.508 e. The van der Waals surface area contributed by atoms with Crippen molar-refractivity contribution in [3.8, 4) is 17.2 Å². The molecule has 5 N–H and O–H groups in total. The van der Waals surface area contributed by atoms with E-state index in [4.69, 9.17) is 0 Å². The van der Waals surface area contributed by atoms with E-state index in [0.717, 1.165) is 5.56 Å². The molecule has 28 heavy (non-hydrogen) atoms. The summed E-state index contributed by atoms with van der Waals surface area (Å²) in [6, 6.07) is 15.0. The van der Waals surface area contributed by atoms with Crippen LogP contribution in [0.3, 0.4) is 0 Å². The molecule has 0 saturated carbocycles. The first kappa shape index (κ1) is 19.7. The van der Waals surface area contributed by atoms with Crippen molar-refractivity contribution in [2.24, 2.45) is 0 Å². The molecule has 1 atom stereocenters. The molecule has 1 unspecified atom stereocenters. The summed E-state index contributed by atoms with van der Waals surface area (Å²) in [6.07, 6.45) is 0.291. The van der Waals surface area contributed by atoms with E-state index in [9.17, 15) is 25.5 Å². The Balaban J connectivity index is 2.17. The molecule has 0 radical (unpaired) electrons. The van der Waals surface area contributed by atoms with E-state index in [0.29, 0.717) is 34.2 Å². The summed E-state index contributed by atoms with van der Waals surface area (Å²) in [5.74, 6) is -0.262. The molecule has 3 rings (SSSR count). The smallest absolute Gasteiger partial charge is 0.119 e. The quantitative estimate of drug-likeness (QED) is 0.451. The molecule has 5 heteroatoms. The number of aliphatic hydroxyl groups is 2. The monoisotopic (exact) mass is 380 g/mol. The van der Waals surface area contributed by atoms with Gasteiger partial charge in [0.15, 0.2) is 0 Å². The Bertz CT molecular complexity index is 981. The topological polar surface area (TPSA) is 101 Å². The molecule has 0 amide bonds. The number of aromatic hydroxyl groups is 3. The minimum absolute atomic E-state index is 0.0425. The summed E-state index contributed by atoms with van der Waals surface area (Å²) in [6.45, 7) is 1.58. The summed E-state index contributed by atoms with van der Waals surface area (Å²) >= 11 is 0. The van der Waals surface area contributed by atoms with Gasteiger partial charge in [-0.1, -0.05) is 29.8 Å². The molecular weight excluding hydrogens is 356 g/mol. The maximum atomic E-state index is 10.5. The Morgan fingerprint density at radius 1 is 0.679 bits per heavy atom. The molecule has 0 saturated heterocycles. The second-order valence-corrected chi connectivity index (χ2v) is 6.99. The van der Waals surface area contributed by atoms with Gasteiger partial charge < -0.3 is 25.5 Å². The third kappa shape index (κ3) is 4.11. The molecule has 0 aliphatic carbocycles. The van der Waals surface area contributed by atoms with Crippen LogP contribution in [-0.2, 0) is 19.6 Å². The summed E-state index contributed by atoms with van der Waals surface area (Å²) in [5.41, 5.74) is 3.99. The van der Waals surface area contributed by atoms with Crippen molar-refractivity contribution in [1.29, 1.82) is 0 Å². The van der Waals surface area contributed by atoms with Crippen molar-refractivity contribution in [3.63, 3.8) is 0 Å². The van der Waals surface area contributed by atoms with Crippen LogP contribution in [0.1, 0.15) is 39.3 Å². The van der Waals surface area contributed by atoms with Crippen LogP contribution in [0.2, 0.25) is 0 Å². The van der Waals surface area contributed by atoms with Gasteiger partial charge in [0.1, 0.15) is 17.2 Å². The van der Waals surface area contributed by atoms with Crippen LogP contribution in [0, 0.1) is 6.92 Å². The maximum absolute atomic E-state index is 10.5. The minimum atomic E-state index is -0.466. The summed E-state index contributed by atoms with van der Waals surface area (Å²) in [7, 11) is 0.